The number of nitrogens with zero attached hydrogens (tertiary/aromatic N) is 1. The molecule has 0 bridgehead atoms. The highest BCUT2D eigenvalue weighted by Crippen LogP contribution is 2.27. The number of hydrogen-bond acceptors (Lipinski definition) is 6. The lowest BCUT2D eigenvalue weighted by molar-refractivity contribution is 0.104. The molecule has 3 N–H and O–H groups in total. The maximum absolute atomic E-state index is 12.3. The molecule has 154 valence electrons. The number of rotatable bonds is 8. The third kappa shape index (κ3) is 5.99. The molecule has 3 rings (SSSR count). The number of ketones is 1. The maximum atomic E-state index is 12.3. The van der Waals surface area contributed by atoms with Crippen molar-refractivity contribution < 1.29 is 24.9 Å². The molecular formula is C23H27NO5. The Labute approximate surface area is 170 Å². The predicted octanol–water partition coefficient (Wildman–Crippen LogP) is 3.95. The van der Waals surface area contributed by atoms with Gasteiger partial charge in [-0.15, -0.1) is 0 Å². The highest BCUT2D eigenvalue weighted by atomic mass is 16.5. The number of carbonyl (C=O) groups excluding carboxylic acids is 1. The summed E-state index contributed by atoms with van der Waals surface area (Å²) in [6.07, 6.45) is 7.60. The van der Waals surface area contributed by atoms with Crippen LogP contribution in [0.15, 0.2) is 42.5 Å². The Hall–Kier alpha value is -2.99. The SMILES string of the molecule is O=C(/C=C/c1ccc(O)c(O)c1)c1ccc(OCCCN2CCCCC2)cc1O. The number of piperidine rings is 1. The summed E-state index contributed by atoms with van der Waals surface area (Å²) in [5, 5.41) is 29.0. The molecule has 0 amide bonds. The molecule has 6 nitrogen and oxygen atoms in total. The summed E-state index contributed by atoms with van der Waals surface area (Å²) in [5.74, 6) is -0.458. The number of aromatic hydroxyl groups is 3. The number of phenolic OH excluding ortho intramolecular Hbond substituents is 3. The van der Waals surface area contributed by atoms with Gasteiger partial charge in [-0.3, -0.25) is 4.79 Å². The fourth-order valence-corrected chi connectivity index (χ4v) is 3.38. The lowest BCUT2D eigenvalue weighted by Crippen LogP contribution is -2.31. The normalized spacial score (nSPS) is 14.9. The summed E-state index contributed by atoms with van der Waals surface area (Å²) in [4.78, 5) is 14.8. The largest absolute Gasteiger partial charge is 0.507 e. The van der Waals surface area contributed by atoms with Crippen LogP contribution >= 0.6 is 0 Å². The first-order chi connectivity index (χ1) is 14.0. The van der Waals surface area contributed by atoms with Gasteiger partial charge in [0.15, 0.2) is 17.3 Å². The zero-order chi connectivity index (χ0) is 20.6. The van der Waals surface area contributed by atoms with Crippen molar-refractivity contribution in [3.63, 3.8) is 0 Å². The molecule has 0 unspecified atom stereocenters. The van der Waals surface area contributed by atoms with E-state index in [9.17, 15) is 20.1 Å². The van der Waals surface area contributed by atoms with Crippen molar-refractivity contribution >= 4 is 11.9 Å². The average Bonchev–Trinajstić information content (AvgIpc) is 2.73. The Bertz CT molecular complexity index is 872. The quantitative estimate of drug-likeness (QED) is 0.270. The number of ether oxygens (including phenoxy) is 1. The highest BCUT2D eigenvalue weighted by Gasteiger charge is 2.11. The van der Waals surface area contributed by atoms with Gasteiger partial charge in [-0.2, -0.15) is 0 Å². The lowest BCUT2D eigenvalue weighted by atomic mass is 10.1. The van der Waals surface area contributed by atoms with E-state index in [0.29, 0.717) is 17.9 Å². The van der Waals surface area contributed by atoms with Gasteiger partial charge in [-0.25, -0.2) is 0 Å². The molecule has 2 aromatic carbocycles. The van der Waals surface area contributed by atoms with Crippen molar-refractivity contribution in [2.45, 2.75) is 25.7 Å². The first-order valence-corrected chi connectivity index (χ1v) is 9.95. The third-order valence-electron chi connectivity index (χ3n) is 5.00. The topological polar surface area (TPSA) is 90.2 Å². The van der Waals surface area contributed by atoms with Gasteiger partial charge in [0.2, 0.25) is 0 Å². The third-order valence-corrected chi connectivity index (χ3v) is 5.00. The molecule has 29 heavy (non-hydrogen) atoms. The van der Waals surface area contributed by atoms with Gasteiger partial charge in [0.25, 0.3) is 0 Å². The fraction of sp³-hybridized carbons (Fsp3) is 0.348. The molecule has 1 aliphatic heterocycles. The van der Waals surface area contributed by atoms with Crippen LogP contribution in [0.5, 0.6) is 23.0 Å². The van der Waals surface area contributed by atoms with Crippen molar-refractivity contribution in [1.82, 2.24) is 4.90 Å². The number of carbonyl (C=O) groups is 1. The van der Waals surface area contributed by atoms with Crippen LogP contribution in [0.4, 0.5) is 0 Å². The van der Waals surface area contributed by atoms with E-state index in [4.69, 9.17) is 4.74 Å². The summed E-state index contributed by atoms with van der Waals surface area (Å²) in [6, 6.07) is 8.92. The Morgan fingerprint density at radius 1 is 0.966 bits per heavy atom. The van der Waals surface area contributed by atoms with Crippen LogP contribution in [-0.2, 0) is 0 Å². The minimum Gasteiger partial charge on any atom is -0.507 e. The van der Waals surface area contributed by atoms with Crippen LogP contribution in [0.1, 0.15) is 41.6 Å². The zero-order valence-electron chi connectivity index (χ0n) is 16.4. The van der Waals surface area contributed by atoms with Gasteiger partial charge in [-0.05, 0) is 68.3 Å². The number of likely N-dealkylation sites (tertiary alicyclic amines) is 1. The first-order valence-electron chi connectivity index (χ1n) is 9.95. The summed E-state index contributed by atoms with van der Waals surface area (Å²) in [6.45, 7) is 3.90. The molecule has 0 spiro atoms. The second kappa shape index (κ2) is 9.98. The van der Waals surface area contributed by atoms with Gasteiger partial charge in [0, 0.05) is 12.6 Å². The number of hydrogen-bond donors (Lipinski definition) is 3. The molecule has 6 heteroatoms. The average molecular weight is 397 g/mol. The van der Waals surface area contributed by atoms with Crippen LogP contribution in [0, 0.1) is 0 Å². The van der Waals surface area contributed by atoms with Crippen LogP contribution in [0.25, 0.3) is 6.08 Å². The molecule has 0 saturated carbocycles. The Morgan fingerprint density at radius 3 is 2.48 bits per heavy atom. The van der Waals surface area contributed by atoms with E-state index in [1.807, 2.05) is 0 Å². The first kappa shape index (κ1) is 20.7. The smallest absolute Gasteiger partial charge is 0.189 e. The summed E-state index contributed by atoms with van der Waals surface area (Å²) in [5.41, 5.74) is 0.728. The second-order valence-electron chi connectivity index (χ2n) is 7.23. The maximum Gasteiger partial charge on any atom is 0.189 e. The van der Waals surface area contributed by atoms with Gasteiger partial charge >= 0.3 is 0 Å². The molecule has 0 radical (unpaired) electrons. The van der Waals surface area contributed by atoms with Crippen LogP contribution in [0.2, 0.25) is 0 Å². The van der Waals surface area contributed by atoms with E-state index in [1.54, 1.807) is 12.1 Å². The number of allylic oxidation sites excluding steroid dienone is 1. The Morgan fingerprint density at radius 2 is 1.76 bits per heavy atom. The van der Waals surface area contributed by atoms with Crippen LogP contribution < -0.4 is 4.74 Å². The van der Waals surface area contributed by atoms with Gasteiger partial charge in [0.1, 0.15) is 11.5 Å². The van der Waals surface area contributed by atoms with Crippen molar-refractivity contribution in [3.8, 4) is 23.0 Å². The monoisotopic (exact) mass is 397 g/mol. The molecule has 0 aliphatic carbocycles. The predicted molar refractivity (Wildman–Crippen MR) is 112 cm³/mol. The summed E-state index contributed by atoms with van der Waals surface area (Å²) < 4.78 is 5.70. The van der Waals surface area contributed by atoms with Crippen LogP contribution in [0.3, 0.4) is 0 Å². The van der Waals surface area contributed by atoms with Crippen molar-refractivity contribution in [1.29, 1.82) is 0 Å². The van der Waals surface area contributed by atoms with Crippen molar-refractivity contribution in [2.24, 2.45) is 0 Å². The molecule has 1 heterocycles. The second-order valence-corrected chi connectivity index (χ2v) is 7.23. The van der Waals surface area contributed by atoms with Crippen LogP contribution in [-0.4, -0.2) is 52.2 Å². The Balaban J connectivity index is 1.52. The van der Waals surface area contributed by atoms with E-state index in [1.165, 1.54) is 55.7 Å². The molecule has 2 aromatic rings. The molecule has 1 saturated heterocycles. The molecule has 1 aliphatic rings. The summed E-state index contributed by atoms with van der Waals surface area (Å²) >= 11 is 0. The van der Waals surface area contributed by atoms with Gasteiger partial charge in [0.05, 0.1) is 12.2 Å². The summed E-state index contributed by atoms with van der Waals surface area (Å²) in [7, 11) is 0. The lowest BCUT2D eigenvalue weighted by Gasteiger charge is -2.26. The van der Waals surface area contributed by atoms with E-state index in [2.05, 4.69) is 4.90 Å². The van der Waals surface area contributed by atoms with E-state index in [-0.39, 0.29) is 28.6 Å². The van der Waals surface area contributed by atoms with Crippen molar-refractivity contribution in [3.05, 3.63) is 53.6 Å². The molecule has 1 fully saturated rings. The van der Waals surface area contributed by atoms with Gasteiger partial charge in [-0.1, -0.05) is 18.6 Å². The minimum absolute atomic E-state index is 0.137. The zero-order valence-corrected chi connectivity index (χ0v) is 16.4. The minimum atomic E-state index is -0.369. The Kier molecular flexibility index (Phi) is 7.14. The molecular weight excluding hydrogens is 370 g/mol. The standard InChI is InChI=1S/C23H27NO5/c25-20(9-5-17-6-10-21(26)23(28)15-17)19-8-7-18(16-22(19)27)29-14-4-13-24-11-2-1-3-12-24/h5-10,15-16,26-28H,1-4,11-14H2/b9-5+. The van der Waals surface area contributed by atoms with E-state index in [0.717, 1.165) is 26.1 Å². The van der Waals surface area contributed by atoms with Gasteiger partial charge < -0.3 is 25.0 Å². The highest BCUT2D eigenvalue weighted by molar-refractivity contribution is 6.08. The van der Waals surface area contributed by atoms with E-state index >= 15 is 0 Å². The number of phenols is 3. The van der Waals surface area contributed by atoms with Crippen molar-refractivity contribution in [2.75, 3.05) is 26.2 Å². The van der Waals surface area contributed by atoms with E-state index < -0.39 is 0 Å². The fourth-order valence-electron chi connectivity index (χ4n) is 3.38. The number of benzene rings is 2. The molecule has 0 aromatic heterocycles. The molecule has 0 atom stereocenters.